The first-order chi connectivity index (χ1) is 9.70. The summed E-state index contributed by atoms with van der Waals surface area (Å²) in [4.78, 5) is 9.91. The normalized spacial score (nSPS) is 14.3. The Balaban J connectivity index is 1.84. The lowest BCUT2D eigenvalue weighted by Gasteiger charge is -2.19. The van der Waals surface area contributed by atoms with E-state index in [4.69, 9.17) is 4.74 Å². The van der Waals surface area contributed by atoms with Crippen LogP contribution < -0.4 is 10.2 Å². The Kier molecular flexibility index (Phi) is 5.52. The molecule has 1 aliphatic rings. The fourth-order valence-electron chi connectivity index (χ4n) is 1.79. The van der Waals surface area contributed by atoms with E-state index in [1.165, 1.54) is 19.0 Å². The largest absolute Gasteiger partial charge is 0.379 e. The molecule has 1 saturated carbocycles. The van der Waals surface area contributed by atoms with E-state index in [0.717, 1.165) is 25.5 Å². The minimum Gasteiger partial charge on any atom is -0.379 e. The number of anilines is 2. The number of nitrogens with one attached hydrogen (secondary N) is 1. The van der Waals surface area contributed by atoms with Crippen LogP contribution in [0.2, 0.25) is 0 Å². The van der Waals surface area contributed by atoms with E-state index in [-0.39, 0.29) is 0 Å². The summed E-state index contributed by atoms with van der Waals surface area (Å²) < 4.78 is 19.3. The minimum atomic E-state index is -0.406. The zero-order chi connectivity index (χ0) is 14.4. The highest BCUT2D eigenvalue weighted by atomic mass is 19.1. The third-order valence-electron chi connectivity index (χ3n) is 3.24. The maximum atomic E-state index is 13.8. The summed E-state index contributed by atoms with van der Waals surface area (Å²) in [5.74, 6) is 1.13. The molecule has 2 rings (SSSR count). The molecule has 20 heavy (non-hydrogen) atoms. The highest BCUT2D eigenvalue weighted by molar-refractivity contribution is 5.43. The fraction of sp³-hybridized carbons (Fsp3) is 0.714. The van der Waals surface area contributed by atoms with E-state index in [0.29, 0.717) is 24.9 Å². The monoisotopic (exact) mass is 282 g/mol. The molecule has 0 unspecified atom stereocenters. The van der Waals surface area contributed by atoms with Crippen molar-refractivity contribution < 1.29 is 9.13 Å². The summed E-state index contributed by atoms with van der Waals surface area (Å²) >= 11 is 0. The van der Waals surface area contributed by atoms with Crippen molar-refractivity contribution in [3.63, 3.8) is 0 Å². The predicted molar refractivity (Wildman–Crippen MR) is 77.6 cm³/mol. The molecule has 1 aromatic heterocycles. The smallest absolute Gasteiger partial charge is 0.224 e. The molecule has 6 heteroatoms. The van der Waals surface area contributed by atoms with Gasteiger partial charge in [-0.05, 0) is 25.2 Å². The number of hydrogen-bond donors (Lipinski definition) is 1. The van der Waals surface area contributed by atoms with Crippen LogP contribution >= 0.6 is 0 Å². The summed E-state index contributed by atoms with van der Waals surface area (Å²) in [6, 6.07) is 0. The Hall–Kier alpha value is -1.43. The molecule has 0 spiro atoms. The lowest BCUT2D eigenvalue weighted by atomic mass is 10.4. The summed E-state index contributed by atoms with van der Waals surface area (Å²) in [5, 5.41) is 3.06. The van der Waals surface area contributed by atoms with E-state index in [9.17, 15) is 4.39 Å². The van der Waals surface area contributed by atoms with Gasteiger partial charge >= 0.3 is 0 Å². The summed E-state index contributed by atoms with van der Waals surface area (Å²) in [6.45, 7) is 4.87. The molecule has 5 nitrogen and oxygen atoms in total. The van der Waals surface area contributed by atoms with Gasteiger partial charge in [0.05, 0.1) is 12.8 Å². The van der Waals surface area contributed by atoms with Gasteiger partial charge in [0.1, 0.15) is 0 Å². The van der Waals surface area contributed by atoms with Crippen LogP contribution in [-0.4, -0.2) is 43.3 Å². The van der Waals surface area contributed by atoms with Crippen LogP contribution in [0.25, 0.3) is 0 Å². The first-order valence-corrected chi connectivity index (χ1v) is 7.26. The predicted octanol–water partition coefficient (Wildman–Crippen LogP) is 2.30. The molecule has 0 saturated heterocycles. The molecular weight excluding hydrogens is 259 g/mol. The van der Waals surface area contributed by atoms with E-state index in [2.05, 4.69) is 22.2 Å². The zero-order valence-corrected chi connectivity index (χ0v) is 12.2. The molecular formula is C14H23FN4O. The van der Waals surface area contributed by atoms with Gasteiger partial charge in [0.15, 0.2) is 11.6 Å². The van der Waals surface area contributed by atoms with Gasteiger partial charge in [0.25, 0.3) is 0 Å². The number of hydrogen-bond acceptors (Lipinski definition) is 5. The lowest BCUT2D eigenvalue weighted by molar-refractivity contribution is 0.130. The molecule has 0 aromatic carbocycles. The minimum absolute atomic E-state index is 0.314. The van der Waals surface area contributed by atoms with E-state index in [1.54, 1.807) is 4.90 Å². The molecule has 0 amide bonds. The number of rotatable bonds is 9. The highest BCUT2D eigenvalue weighted by Crippen LogP contribution is 2.28. The van der Waals surface area contributed by atoms with Gasteiger partial charge in [-0.2, -0.15) is 4.98 Å². The summed E-state index contributed by atoms with van der Waals surface area (Å²) in [7, 11) is 1.81. The highest BCUT2D eigenvalue weighted by Gasteiger charge is 2.21. The molecule has 0 radical (unpaired) electrons. The van der Waals surface area contributed by atoms with Crippen molar-refractivity contribution >= 4 is 11.8 Å². The number of nitrogens with zero attached hydrogens (tertiary/aromatic N) is 3. The second-order valence-corrected chi connectivity index (χ2v) is 5.23. The molecule has 1 aliphatic carbocycles. The number of likely N-dealkylation sites (N-methyl/N-ethyl adjacent to an activating group) is 1. The molecule has 1 N–H and O–H groups in total. The van der Waals surface area contributed by atoms with Crippen LogP contribution in [0.3, 0.4) is 0 Å². The average molecular weight is 282 g/mol. The summed E-state index contributed by atoms with van der Waals surface area (Å²) in [6.07, 6.45) is 4.74. The Bertz CT molecular complexity index is 426. The number of ether oxygens (including phenoxy) is 1. The molecule has 1 aromatic rings. The zero-order valence-electron chi connectivity index (χ0n) is 12.2. The Morgan fingerprint density at radius 2 is 2.30 bits per heavy atom. The average Bonchev–Trinajstić information content (AvgIpc) is 3.26. The van der Waals surface area contributed by atoms with Crippen LogP contribution in [0, 0.1) is 11.7 Å². The van der Waals surface area contributed by atoms with Gasteiger partial charge < -0.3 is 15.0 Å². The second-order valence-electron chi connectivity index (χ2n) is 5.23. The summed E-state index contributed by atoms with van der Waals surface area (Å²) in [5.41, 5.74) is 0. The number of halogens is 1. The van der Waals surface area contributed by atoms with Crippen LogP contribution in [0.4, 0.5) is 16.2 Å². The molecule has 0 bridgehead atoms. The third-order valence-corrected chi connectivity index (χ3v) is 3.24. The van der Waals surface area contributed by atoms with Gasteiger partial charge in [0, 0.05) is 26.7 Å². The third kappa shape index (κ3) is 4.59. The maximum Gasteiger partial charge on any atom is 0.224 e. The first kappa shape index (κ1) is 15.0. The van der Waals surface area contributed by atoms with Crippen molar-refractivity contribution in [3.05, 3.63) is 12.0 Å². The topological polar surface area (TPSA) is 50.3 Å². The van der Waals surface area contributed by atoms with Crippen molar-refractivity contribution in [2.24, 2.45) is 5.92 Å². The Labute approximate surface area is 119 Å². The quantitative estimate of drug-likeness (QED) is 0.704. The SMILES string of the molecule is CCCNc1ncc(F)c(N(C)CCOCC2CC2)n1. The standard InChI is InChI=1S/C14H23FN4O/c1-3-6-16-14-17-9-12(15)13(18-14)19(2)7-8-20-10-11-4-5-11/h9,11H,3-8,10H2,1-2H3,(H,16,17,18). The molecule has 1 heterocycles. The second kappa shape index (κ2) is 7.38. The molecule has 1 fully saturated rings. The maximum absolute atomic E-state index is 13.8. The lowest BCUT2D eigenvalue weighted by Crippen LogP contribution is -2.25. The van der Waals surface area contributed by atoms with E-state index in [1.807, 2.05) is 7.05 Å². The van der Waals surface area contributed by atoms with Crippen molar-refractivity contribution in [2.45, 2.75) is 26.2 Å². The van der Waals surface area contributed by atoms with Crippen molar-refractivity contribution in [3.8, 4) is 0 Å². The van der Waals surface area contributed by atoms with Crippen molar-refractivity contribution in [2.75, 3.05) is 43.6 Å². The van der Waals surface area contributed by atoms with Crippen molar-refractivity contribution in [1.29, 1.82) is 0 Å². The van der Waals surface area contributed by atoms with E-state index >= 15 is 0 Å². The van der Waals surface area contributed by atoms with Crippen LogP contribution in [0.1, 0.15) is 26.2 Å². The molecule has 0 atom stereocenters. The van der Waals surface area contributed by atoms with Crippen molar-refractivity contribution in [1.82, 2.24) is 9.97 Å². The van der Waals surface area contributed by atoms with E-state index < -0.39 is 5.82 Å². The molecule has 0 aliphatic heterocycles. The van der Waals surface area contributed by atoms with Crippen LogP contribution in [0.15, 0.2) is 6.20 Å². The van der Waals surface area contributed by atoms with Crippen LogP contribution in [0.5, 0.6) is 0 Å². The Morgan fingerprint density at radius 3 is 3.00 bits per heavy atom. The first-order valence-electron chi connectivity index (χ1n) is 7.26. The van der Waals surface area contributed by atoms with Gasteiger partial charge in [-0.25, -0.2) is 9.37 Å². The van der Waals surface area contributed by atoms with Crippen LogP contribution in [-0.2, 0) is 4.74 Å². The fourth-order valence-corrected chi connectivity index (χ4v) is 1.79. The van der Waals surface area contributed by atoms with Gasteiger partial charge in [0.2, 0.25) is 5.95 Å². The number of aromatic nitrogens is 2. The Morgan fingerprint density at radius 1 is 1.50 bits per heavy atom. The van der Waals surface area contributed by atoms with Gasteiger partial charge in [-0.1, -0.05) is 6.92 Å². The molecule has 112 valence electrons. The van der Waals surface area contributed by atoms with Gasteiger partial charge in [-0.3, -0.25) is 0 Å². The van der Waals surface area contributed by atoms with Gasteiger partial charge in [-0.15, -0.1) is 0 Å².